The van der Waals surface area contributed by atoms with E-state index < -0.39 is 22.1 Å². The number of rotatable bonds is 5. The number of hydrogen-bond acceptors (Lipinski definition) is 4. The Hall–Kier alpha value is -0.380. The van der Waals surface area contributed by atoms with Crippen LogP contribution >= 0.6 is 0 Å². The van der Waals surface area contributed by atoms with Crippen molar-refractivity contribution >= 4 is 10.0 Å². The Bertz CT molecular complexity index is 892. The highest BCUT2D eigenvalue weighted by molar-refractivity contribution is 7.89. The van der Waals surface area contributed by atoms with Crippen LogP contribution in [0.15, 0.2) is 0 Å². The van der Waals surface area contributed by atoms with Crippen molar-refractivity contribution < 1.29 is 26.7 Å². The van der Waals surface area contributed by atoms with Crippen LogP contribution in [0.3, 0.4) is 0 Å². The number of alkyl halides is 3. The van der Waals surface area contributed by atoms with Crippen molar-refractivity contribution in [3.63, 3.8) is 0 Å². The average molecular weight is 563 g/mol. The molecule has 9 heteroatoms. The van der Waals surface area contributed by atoms with Gasteiger partial charge in [-0.05, 0) is 100 Å². The smallest absolute Gasteiger partial charge is 0.391 e. The maximum atomic E-state index is 13.8. The maximum absolute atomic E-state index is 13.8. The summed E-state index contributed by atoms with van der Waals surface area (Å²) in [5.41, 5.74) is 0. The Morgan fingerprint density at radius 1 is 0.816 bits per heavy atom. The summed E-state index contributed by atoms with van der Waals surface area (Å²) in [7, 11) is -3.36. The molecule has 5 unspecified atom stereocenters. The molecule has 1 N–H and O–H groups in total. The zero-order valence-corrected chi connectivity index (χ0v) is 23.9. The summed E-state index contributed by atoms with van der Waals surface area (Å²) in [5.74, 6) is 0.320. The van der Waals surface area contributed by atoms with Gasteiger partial charge in [0.25, 0.3) is 0 Å². The van der Waals surface area contributed by atoms with Crippen LogP contribution in [0.4, 0.5) is 13.2 Å². The van der Waals surface area contributed by atoms with E-state index in [2.05, 4.69) is 11.8 Å². The van der Waals surface area contributed by atoms with E-state index in [1.165, 1.54) is 0 Å². The molecule has 5 nitrogen and oxygen atoms in total. The van der Waals surface area contributed by atoms with E-state index >= 15 is 0 Å². The molecule has 3 aliphatic carbocycles. The van der Waals surface area contributed by atoms with Crippen molar-refractivity contribution in [3.05, 3.63) is 0 Å². The second-order valence-electron chi connectivity index (χ2n) is 13.4. The SMILES string of the molecule is CC1CCCCC1S(=O)(=O)N1CCCCN2C(C1)[C@H](C1CCC(C3CCCC(C(F)(F)F)C3)CC1)[C@H]2CO. The van der Waals surface area contributed by atoms with E-state index in [-0.39, 0.29) is 48.1 Å². The maximum Gasteiger partial charge on any atom is 0.391 e. The van der Waals surface area contributed by atoms with Gasteiger partial charge in [0.15, 0.2) is 0 Å². The van der Waals surface area contributed by atoms with E-state index in [1.807, 2.05) is 4.31 Å². The third-order valence-corrected chi connectivity index (χ3v) is 13.9. The molecule has 0 bridgehead atoms. The first-order chi connectivity index (χ1) is 18.1. The van der Waals surface area contributed by atoms with Gasteiger partial charge in [0.05, 0.1) is 17.8 Å². The molecule has 2 heterocycles. The number of hydrogen-bond donors (Lipinski definition) is 1. The van der Waals surface area contributed by atoms with Crippen LogP contribution in [0.2, 0.25) is 0 Å². The lowest BCUT2D eigenvalue weighted by molar-refractivity contribution is -0.188. The van der Waals surface area contributed by atoms with Gasteiger partial charge in [-0.1, -0.05) is 32.6 Å². The van der Waals surface area contributed by atoms with Gasteiger partial charge in [0, 0.05) is 25.2 Å². The van der Waals surface area contributed by atoms with Crippen LogP contribution < -0.4 is 0 Å². The summed E-state index contributed by atoms with van der Waals surface area (Å²) in [6.07, 6.45) is 7.71. The number of sulfonamides is 1. The fourth-order valence-electron chi connectivity index (χ4n) is 9.24. The summed E-state index contributed by atoms with van der Waals surface area (Å²) < 4.78 is 69.6. The van der Waals surface area contributed by atoms with Crippen molar-refractivity contribution in [2.24, 2.45) is 35.5 Å². The Kier molecular flexibility index (Phi) is 9.08. The summed E-state index contributed by atoms with van der Waals surface area (Å²) in [6, 6.07) is 0.231. The molecule has 2 saturated heterocycles. The number of aliphatic hydroxyl groups is 1. The Balaban J connectivity index is 1.24. The molecule has 5 aliphatic rings. The molecular weight excluding hydrogens is 513 g/mol. The van der Waals surface area contributed by atoms with Gasteiger partial charge in [0.1, 0.15) is 0 Å². The summed E-state index contributed by atoms with van der Waals surface area (Å²) >= 11 is 0. The molecule has 38 heavy (non-hydrogen) atoms. The van der Waals surface area contributed by atoms with Gasteiger partial charge in [-0.3, -0.25) is 4.90 Å². The summed E-state index contributed by atoms with van der Waals surface area (Å²) in [4.78, 5) is 2.37. The normalized spacial score (nSPS) is 42.5. The quantitative estimate of drug-likeness (QED) is 0.458. The molecule has 0 spiro atoms. The molecule has 0 amide bonds. The fraction of sp³-hybridized carbons (Fsp3) is 1.00. The van der Waals surface area contributed by atoms with Gasteiger partial charge < -0.3 is 5.11 Å². The van der Waals surface area contributed by atoms with E-state index in [0.717, 1.165) is 77.2 Å². The largest absolute Gasteiger partial charge is 0.395 e. The molecule has 7 atom stereocenters. The molecule has 220 valence electrons. The van der Waals surface area contributed by atoms with Gasteiger partial charge >= 0.3 is 6.18 Å². The minimum atomic E-state index is -4.07. The Morgan fingerprint density at radius 3 is 2.18 bits per heavy atom. The third-order valence-electron chi connectivity index (χ3n) is 11.4. The average Bonchev–Trinajstić information content (AvgIpc) is 2.88. The topological polar surface area (TPSA) is 60.9 Å². The van der Waals surface area contributed by atoms with Crippen LogP contribution in [0.25, 0.3) is 0 Å². The van der Waals surface area contributed by atoms with Crippen molar-refractivity contribution in [2.45, 2.75) is 120 Å². The number of halogens is 3. The molecular formula is C29H49F3N2O3S. The van der Waals surface area contributed by atoms with Crippen LogP contribution in [0, 0.1) is 35.5 Å². The number of aliphatic hydroxyl groups excluding tert-OH is 1. The van der Waals surface area contributed by atoms with Crippen LogP contribution in [-0.4, -0.2) is 72.5 Å². The Morgan fingerprint density at radius 2 is 1.50 bits per heavy atom. The summed E-state index contributed by atoms with van der Waals surface area (Å²) in [6.45, 7) is 4.23. The van der Waals surface area contributed by atoms with Crippen molar-refractivity contribution in [1.82, 2.24) is 9.21 Å². The third kappa shape index (κ3) is 5.82. The molecule has 5 rings (SSSR count). The van der Waals surface area contributed by atoms with Gasteiger partial charge in [-0.25, -0.2) is 12.7 Å². The lowest BCUT2D eigenvalue weighted by Gasteiger charge is -2.60. The van der Waals surface area contributed by atoms with E-state index in [0.29, 0.717) is 37.8 Å². The van der Waals surface area contributed by atoms with E-state index in [9.17, 15) is 26.7 Å². The van der Waals surface area contributed by atoms with Gasteiger partial charge in [-0.2, -0.15) is 13.2 Å². The van der Waals surface area contributed by atoms with Crippen LogP contribution in [0.5, 0.6) is 0 Å². The van der Waals surface area contributed by atoms with Crippen molar-refractivity contribution in [2.75, 3.05) is 26.2 Å². The number of fused-ring (bicyclic) bond motifs is 1. The van der Waals surface area contributed by atoms with Crippen molar-refractivity contribution in [3.8, 4) is 0 Å². The first kappa shape index (κ1) is 29.1. The lowest BCUT2D eigenvalue weighted by Crippen LogP contribution is -2.71. The highest BCUT2D eigenvalue weighted by Crippen LogP contribution is 2.50. The predicted octanol–water partition coefficient (Wildman–Crippen LogP) is 5.83. The molecule has 2 aliphatic heterocycles. The molecule has 0 radical (unpaired) electrons. The van der Waals surface area contributed by atoms with E-state index in [4.69, 9.17) is 0 Å². The second-order valence-corrected chi connectivity index (χ2v) is 15.5. The highest BCUT2D eigenvalue weighted by atomic mass is 32.2. The van der Waals surface area contributed by atoms with Crippen LogP contribution in [0.1, 0.15) is 96.8 Å². The minimum absolute atomic E-state index is 0.0853. The highest BCUT2D eigenvalue weighted by Gasteiger charge is 2.54. The minimum Gasteiger partial charge on any atom is -0.395 e. The van der Waals surface area contributed by atoms with Crippen molar-refractivity contribution in [1.29, 1.82) is 0 Å². The zero-order valence-electron chi connectivity index (χ0n) is 23.1. The molecule has 5 fully saturated rings. The standard InChI is InChI=1S/C29H49F3N2O3S/c1-20-7-2-3-10-27(20)38(36,37)33-15-4-5-16-34-25(18-33)28(26(34)19-35)22-13-11-21(12-14-22)23-8-6-9-24(17-23)29(30,31)32/h20-28,35H,2-19H2,1H3/t20?,21?,22?,23?,24?,25?,26-,27?,28+/m1/s1. The fourth-order valence-corrected chi connectivity index (χ4v) is 11.6. The molecule has 0 aromatic rings. The molecule has 0 aromatic carbocycles. The first-order valence-corrected chi connectivity index (χ1v) is 17.0. The predicted molar refractivity (Wildman–Crippen MR) is 143 cm³/mol. The first-order valence-electron chi connectivity index (χ1n) is 15.5. The number of nitrogens with zero attached hydrogens (tertiary/aromatic N) is 2. The van der Waals surface area contributed by atoms with Gasteiger partial charge in [0.2, 0.25) is 10.0 Å². The Labute approximate surface area is 227 Å². The van der Waals surface area contributed by atoms with Crippen LogP contribution in [-0.2, 0) is 10.0 Å². The molecule has 3 saturated carbocycles. The molecule has 0 aromatic heterocycles. The monoisotopic (exact) mass is 562 g/mol. The lowest BCUT2D eigenvalue weighted by atomic mass is 9.62. The van der Waals surface area contributed by atoms with E-state index in [1.54, 1.807) is 0 Å². The second kappa shape index (κ2) is 11.8. The summed E-state index contributed by atoms with van der Waals surface area (Å²) in [5, 5.41) is 10.1. The zero-order chi connectivity index (χ0) is 27.1. The van der Waals surface area contributed by atoms with Gasteiger partial charge in [-0.15, -0.1) is 0 Å².